The van der Waals surface area contributed by atoms with Crippen molar-refractivity contribution in [2.24, 2.45) is 7.05 Å². The molecule has 0 radical (unpaired) electrons. The van der Waals surface area contributed by atoms with E-state index in [1.165, 1.54) is 6.20 Å². The topological polar surface area (TPSA) is 68.1 Å². The first-order valence-corrected chi connectivity index (χ1v) is 8.82. The number of sulfonamides is 1. The van der Waals surface area contributed by atoms with Gasteiger partial charge in [0.05, 0.1) is 5.69 Å². The molecule has 1 aliphatic heterocycles. The van der Waals surface area contributed by atoms with E-state index in [0.717, 1.165) is 24.4 Å². The number of imidazole rings is 1. The van der Waals surface area contributed by atoms with E-state index in [1.807, 2.05) is 24.7 Å². The maximum absolute atomic E-state index is 12.7. The zero-order valence-electron chi connectivity index (χ0n) is 12.8. The number of rotatable bonds is 3. The molecule has 3 heterocycles. The zero-order valence-corrected chi connectivity index (χ0v) is 13.6. The predicted octanol–water partition coefficient (Wildman–Crippen LogP) is 1.69. The van der Waals surface area contributed by atoms with Crippen molar-refractivity contribution in [1.82, 2.24) is 18.8 Å². The molecule has 7 heteroatoms. The SMILES string of the molecule is Cc1cn(C)c([C@H]2CCCN(S(=O)(=O)c3cccnc3)C2)n1. The molecule has 2 aromatic rings. The summed E-state index contributed by atoms with van der Waals surface area (Å²) in [5.41, 5.74) is 0.963. The molecule has 0 saturated carbocycles. The Kier molecular flexibility index (Phi) is 4.01. The predicted molar refractivity (Wildman–Crippen MR) is 82.9 cm³/mol. The van der Waals surface area contributed by atoms with Gasteiger partial charge >= 0.3 is 0 Å². The first-order valence-electron chi connectivity index (χ1n) is 7.38. The monoisotopic (exact) mass is 320 g/mol. The average molecular weight is 320 g/mol. The van der Waals surface area contributed by atoms with E-state index in [9.17, 15) is 8.42 Å². The summed E-state index contributed by atoms with van der Waals surface area (Å²) in [6.07, 6.45) is 6.77. The molecule has 22 heavy (non-hydrogen) atoms. The van der Waals surface area contributed by atoms with Crippen molar-refractivity contribution < 1.29 is 8.42 Å². The quantitative estimate of drug-likeness (QED) is 0.863. The molecule has 2 aromatic heterocycles. The molecule has 3 rings (SSSR count). The number of piperidine rings is 1. The van der Waals surface area contributed by atoms with Gasteiger partial charge in [-0.3, -0.25) is 4.98 Å². The maximum Gasteiger partial charge on any atom is 0.244 e. The second kappa shape index (κ2) is 5.81. The molecule has 1 atom stereocenters. The normalized spacial score (nSPS) is 20.2. The van der Waals surface area contributed by atoms with Crippen molar-refractivity contribution in [3.05, 3.63) is 42.2 Å². The third kappa shape index (κ3) is 2.78. The van der Waals surface area contributed by atoms with Gasteiger partial charge in [0, 0.05) is 44.6 Å². The van der Waals surface area contributed by atoms with Gasteiger partial charge in [0.15, 0.2) is 0 Å². The van der Waals surface area contributed by atoms with Crippen LogP contribution in [-0.4, -0.2) is 40.3 Å². The fourth-order valence-electron chi connectivity index (χ4n) is 3.03. The third-order valence-electron chi connectivity index (χ3n) is 4.05. The Morgan fingerprint density at radius 1 is 1.36 bits per heavy atom. The molecule has 0 unspecified atom stereocenters. The number of hydrogen-bond donors (Lipinski definition) is 0. The highest BCUT2D eigenvalue weighted by Crippen LogP contribution is 2.29. The molecule has 118 valence electrons. The molecule has 6 nitrogen and oxygen atoms in total. The lowest BCUT2D eigenvalue weighted by molar-refractivity contribution is 0.306. The van der Waals surface area contributed by atoms with Crippen LogP contribution in [0, 0.1) is 6.92 Å². The van der Waals surface area contributed by atoms with Crippen LogP contribution in [0.3, 0.4) is 0 Å². The first-order chi connectivity index (χ1) is 10.5. The van der Waals surface area contributed by atoms with Crippen LogP contribution in [0.4, 0.5) is 0 Å². The molecule has 0 spiro atoms. The van der Waals surface area contributed by atoms with Crippen molar-refractivity contribution in [2.45, 2.75) is 30.6 Å². The highest BCUT2D eigenvalue weighted by molar-refractivity contribution is 7.89. The van der Waals surface area contributed by atoms with Gasteiger partial charge in [-0.2, -0.15) is 4.31 Å². The van der Waals surface area contributed by atoms with Crippen molar-refractivity contribution in [3.8, 4) is 0 Å². The first kappa shape index (κ1) is 15.2. The Balaban J connectivity index is 1.86. The Morgan fingerprint density at radius 2 is 2.18 bits per heavy atom. The van der Waals surface area contributed by atoms with E-state index in [1.54, 1.807) is 22.6 Å². The Morgan fingerprint density at radius 3 is 2.82 bits per heavy atom. The van der Waals surface area contributed by atoms with E-state index in [-0.39, 0.29) is 10.8 Å². The van der Waals surface area contributed by atoms with Gasteiger partial charge in [-0.05, 0) is 31.9 Å². The number of hydrogen-bond acceptors (Lipinski definition) is 4. The zero-order chi connectivity index (χ0) is 15.7. The molecule has 0 bridgehead atoms. The fraction of sp³-hybridized carbons (Fsp3) is 0.467. The van der Waals surface area contributed by atoms with Crippen molar-refractivity contribution >= 4 is 10.0 Å². The Hall–Kier alpha value is -1.73. The second-order valence-electron chi connectivity index (χ2n) is 5.74. The average Bonchev–Trinajstić information content (AvgIpc) is 2.87. The van der Waals surface area contributed by atoms with Gasteiger partial charge in [0.1, 0.15) is 10.7 Å². The van der Waals surface area contributed by atoms with E-state index in [0.29, 0.717) is 13.1 Å². The van der Waals surface area contributed by atoms with Gasteiger partial charge in [0.25, 0.3) is 0 Å². The number of pyridine rings is 1. The summed E-state index contributed by atoms with van der Waals surface area (Å²) in [6.45, 7) is 2.98. The lowest BCUT2D eigenvalue weighted by Gasteiger charge is -2.31. The summed E-state index contributed by atoms with van der Waals surface area (Å²) in [4.78, 5) is 8.73. The lowest BCUT2D eigenvalue weighted by Crippen LogP contribution is -2.39. The Bertz CT molecular complexity index is 755. The third-order valence-corrected chi connectivity index (χ3v) is 5.90. The number of aryl methyl sites for hydroxylation is 2. The van der Waals surface area contributed by atoms with Gasteiger partial charge in [0.2, 0.25) is 10.0 Å². The summed E-state index contributed by atoms with van der Waals surface area (Å²) >= 11 is 0. The molecule has 1 aliphatic rings. The molecular weight excluding hydrogens is 300 g/mol. The van der Waals surface area contributed by atoms with Gasteiger partial charge in [-0.25, -0.2) is 13.4 Å². The standard InChI is InChI=1S/C15H20N4O2S/c1-12-10-18(2)15(17-12)13-5-4-8-19(11-13)22(20,21)14-6-3-7-16-9-14/h3,6-7,9-10,13H,4-5,8,11H2,1-2H3/t13-/m0/s1. The fourth-order valence-corrected chi connectivity index (χ4v) is 4.52. The lowest BCUT2D eigenvalue weighted by atomic mass is 9.99. The molecule has 0 amide bonds. The summed E-state index contributed by atoms with van der Waals surface area (Å²) in [6, 6.07) is 3.24. The van der Waals surface area contributed by atoms with Crippen molar-refractivity contribution in [1.29, 1.82) is 0 Å². The van der Waals surface area contributed by atoms with Crippen molar-refractivity contribution in [2.75, 3.05) is 13.1 Å². The van der Waals surface area contributed by atoms with Crippen LogP contribution in [0.25, 0.3) is 0 Å². The molecule has 1 fully saturated rings. The van der Waals surface area contributed by atoms with Crippen LogP contribution in [0.5, 0.6) is 0 Å². The smallest absolute Gasteiger partial charge is 0.244 e. The minimum atomic E-state index is -3.48. The van der Waals surface area contributed by atoms with Crippen molar-refractivity contribution in [3.63, 3.8) is 0 Å². The maximum atomic E-state index is 12.7. The van der Waals surface area contributed by atoms with Crippen LogP contribution in [0.1, 0.15) is 30.3 Å². The molecule has 0 N–H and O–H groups in total. The summed E-state index contributed by atoms with van der Waals surface area (Å²) in [5.74, 6) is 1.10. The van der Waals surface area contributed by atoms with E-state index in [4.69, 9.17) is 0 Å². The second-order valence-corrected chi connectivity index (χ2v) is 7.68. The van der Waals surface area contributed by atoms with Crippen LogP contribution >= 0.6 is 0 Å². The molecule has 0 aliphatic carbocycles. The molecule has 1 saturated heterocycles. The van der Waals surface area contributed by atoms with Crippen LogP contribution < -0.4 is 0 Å². The van der Waals surface area contributed by atoms with E-state index < -0.39 is 10.0 Å². The summed E-state index contributed by atoms with van der Waals surface area (Å²) in [7, 11) is -1.51. The van der Waals surface area contributed by atoms with Crippen LogP contribution in [0.15, 0.2) is 35.6 Å². The Labute approximate surface area is 130 Å². The molecule has 0 aromatic carbocycles. The van der Waals surface area contributed by atoms with Gasteiger partial charge in [-0.1, -0.05) is 0 Å². The molecular formula is C15H20N4O2S. The van der Waals surface area contributed by atoms with E-state index >= 15 is 0 Å². The minimum absolute atomic E-state index is 0.138. The highest BCUT2D eigenvalue weighted by atomic mass is 32.2. The van der Waals surface area contributed by atoms with Gasteiger partial charge < -0.3 is 4.57 Å². The largest absolute Gasteiger partial charge is 0.337 e. The minimum Gasteiger partial charge on any atom is -0.337 e. The number of aromatic nitrogens is 3. The van der Waals surface area contributed by atoms with Crippen LogP contribution in [-0.2, 0) is 17.1 Å². The van der Waals surface area contributed by atoms with Gasteiger partial charge in [-0.15, -0.1) is 0 Å². The van der Waals surface area contributed by atoms with Crippen LogP contribution in [0.2, 0.25) is 0 Å². The number of nitrogens with zero attached hydrogens (tertiary/aromatic N) is 4. The van der Waals surface area contributed by atoms with E-state index in [2.05, 4.69) is 9.97 Å². The summed E-state index contributed by atoms with van der Waals surface area (Å²) in [5, 5.41) is 0. The summed E-state index contributed by atoms with van der Waals surface area (Å²) < 4.78 is 29.0. The highest BCUT2D eigenvalue weighted by Gasteiger charge is 2.32.